The second-order valence-corrected chi connectivity index (χ2v) is 6.89. The summed E-state index contributed by atoms with van der Waals surface area (Å²) >= 11 is 0. The SMILES string of the molecule is CCNC1CCC(CC)CC1N1CCCC(C)CC1. The first-order valence-corrected chi connectivity index (χ1v) is 8.72. The minimum atomic E-state index is 0.751. The third-order valence-corrected chi connectivity index (χ3v) is 5.49. The number of hydrogen-bond donors (Lipinski definition) is 1. The minimum Gasteiger partial charge on any atom is -0.313 e. The standard InChI is InChI=1S/C17H34N2/c1-4-15-8-9-16(18-5-2)17(13-15)19-11-6-7-14(3)10-12-19/h14-18H,4-13H2,1-3H3. The number of likely N-dealkylation sites (tertiary alicyclic amines) is 1. The van der Waals surface area contributed by atoms with Gasteiger partial charge in [0.15, 0.2) is 0 Å². The van der Waals surface area contributed by atoms with Crippen LogP contribution in [0.1, 0.15) is 65.7 Å². The predicted molar refractivity (Wildman–Crippen MR) is 83.5 cm³/mol. The van der Waals surface area contributed by atoms with E-state index in [0.717, 1.165) is 30.5 Å². The predicted octanol–water partition coefficient (Wildman–Crippen LogP) is 3.67. The molecule has 2 heteroatoms. The molecule has 0 spiro atoms. The van der Waals surface area contributed by atoms with Gasteiger partial charge >= 0.3 is 0 Å². The van der Waals surface area contributed by atoms with Gasteiger partial charge in [0.25, 0.3) is 0 Å². The van der Waals surface area contributed by atoms with Crippen LogP contribution >= 0.6 is 0 Å². The van der Waals surface area contributed by atoms with Crippen LogP contribution in [0.2, 0.25) is 0 Å². The van der Waals surface area contributed by atoms with Crippen LogP contribution in [0, 0.1) is 11.8 Å². The van der Waals surface area contributed by atoms with E-state index in [1.54, 1.807) is 0 Å². The maximum atomic E-state index is 3.77. The van der Waals surface area contributed by atoms with Crippen LogP contribution < -0.4 is 5.32 Å². The molecule has 0 aromatic heterocycles. The highest BCUT2D eigenvalue weighted by Gasteiger charge is 2.33. The average Bonchev–Trinajstić information content (AvgIpc) is 2.64. The lowest BCUT2D eigenvalue weighted by atomic mass is 9.80. The summed E-state index contributed by atoms with van der Waals surface area (Å²) in [7, 11) is 0. The Morgan fingerprint density at radius 3 is 2.63 bits per heavy atom. The van der Waals surface area contributed by atoms with Gasteiger partial charge < -0.3 is 5.32 Å². The van der Waals surface area contributed by atoms with Gasteiger partial charge in [-0.1, -0.05) is 27.2 Å². The third-order valence-electron chi connectivity index (χ3n) is 5.49. The van der Waals surface area contributed by atoms with Crippen LogP contribution in [0.15, 0.2) is 0 Å². The summed E-state index contributed by atoms with van der Waals surface area (Å²) in [5.74, 6) is 1.91. The molecule has 0 aromatic carbocycles. The highest BCUT2D eigenvalue weighted by molar-refractivity contribution is 4.91. The first kappa shape index (κ1) is 15.3. The molecule has 0 radical (unpaired) electrons. The Morgan fingerprint density at radius 1 is 1.05 bits per heavy atom. The largest absolute Gasteiger partial charge is 0.313 e. The van der Waals surface area contributed by atoms with Crippen molar-refractivity contribution in [3.63, 3.8) is 0 Å². The first-order valence-electron chi connectivity index (χ1n) is 8.72. The van der Waals surface area contributed by atoms with E-state index < -0.39 is 0 Å². The highest BCUT2D eigenvalue weighted by atomic mass is 15.2. The van der Waals surface area contributed by atoms with Crippen LogP contribution in [0.25, 0.3) is 0 Å². The maximum Gasteiger partial charge on any atom is 0.0251 e. The quantitative estimate of drug-likeness (QED) is 0.835. The molecule has 0 bridgehead atoms. The fourth-order valence-corrected chi connectivity index (χ4v) is 4.12. The smallest absolute Gasteiger partial charge is 0.0251 e. The zero-order chi connectivity index (χ0) is 13.7. The lowest BCUT2D eigenvalue weighted by Gasteiger charge is -2.43. The molecule has 2 aliphatic rings. The van der Waals surface area contributed by atoms with E-state index >= 15 is 0 Å². The number of nitrogens with one attached hydrogen (secondary N) is 1. The molecule has 2 rings (SSSR count). The van der Waals surface area contributed by atoms with Gasteiger partial charge in [0.1, 0.15) is 0 Å². The molecule has 0 aromatic rings. The Morgan fingerprint density at radius 2 is 1.89 bits per heavy atom. The molecule has 1 aliphatic carbocycles. The Bertz CT molecular complexity index is 254. The van der Waals surface area contributed by atoms with Crippen molar-refractivity contribution in [1.29, 1.82) is 0 Å². The van der Waals surface area contributed by atoms with Gasteiger partial charge in [-0.05, 0) is 70.0 Å². The zero-order valence-electron chi connectivity index (χ0n) is 13.3. The van der Waals surface area contributed by atoms with Crippen LogP contribution in [-0.2, 0) is 0 Å². The molecule has 1 aliphatic heterocycles. The summed E-state index contributed by atoms with van der Waals surface area (Å²) in [5, 5.41) is 3.77. The lowest BCUT2D eigenvalue weighted by molar-refractivity contribution is 0.0981. The van der Waals surface area contributed by atoms with Gasteiger partial charge in [0.05, 0.1) is 0 Å². The van der Waals surface area contributed by atoms with Crippen molar-refractivity contribution >= 4 is 0 Å². The van der Waals surface area contributed by atoms with Gasteiger partial charge in [-0.25, -0.2) is 0 Å². The summed E-state index contributed by atoms with van der Waals surface area (Å²) < 4.78 is 0. The molecule has 2 fully saturated rings. The van der Waals surface area contributed by atoms with E-state index in [0.29, 0.717) is 0 Å². The van der Waals surface area contributed by atoms with Gasteiger partial charge in [-0.3, -0.25) is 4.90 Å². The van der Waals surface area contributed by atoms with E-state index in [9.17, 15) is 0 Å². The molecular formula is C17H34N2. The number of likely N-dealkylation sites (N-methyl/N-ethyl adjacent to an activating group) is 1. The molecule has 19 heavy (non-hydrogen) atoms. The van der Waals surface area contributed by atoms with Crippen molar-refractivity contribution < 1.29 is 0 Å². The van der Waals surface area contributed by atoms with E-state index in [2.05, 4.69) is 31.0 Å². The highest BCUT2D eigenvalue weighted by Crippen LogP contribution is 2.31. The molecule has 1 heterocycles. The third kappa shape index (κ3) is 4.19. The van der Waals surface area contributed by atoms with Crippen molar-refractivity contribution in [3.8, 4) is 0 Å². The van der Waals surface area contributed by atoms with Gasteiger partial charge in [0.2, 0.25) is 0 Å². The van der Waals surface area contributed by atoms with Crippen LogP contribution in [0.5, 0.6) is 0 Å². The molecule has 1 saturated carbocycles. The average molecular weight is 266 g/mol. The van der Waals surface area contributed by atoms with E-state index in [-0.39, 0.29) is 0 Å². The fourth-order valence-electron chi connectivity index (χ4n) is 4.12. The summed E-state index contributed by atoms with van der Waals surface area (Å²) in [4.78, 5) is 2.83. The number of nitrogens with zero attached hydrogens (tertiary/aromatic N) is 1. The van der Waals surface area contributed by atoms with Crippen molar-refractivity contribution in [3.05, 3.63) is 0 Å². The molecular weight excluding hydrogens is 232 g/mol. The summed E-state index contributed by atoms with van der Waals surface area (Å²) in [6.07, 6.45) is 9.89. The van der Waals surface area contributed by atoms with Crippen LogP contribution in [0.3, 0.4) is 0 Å². The molecule has 1 N–H and O–H groups in total. The Balaban J connectivity index is 1.98. The maximum absolute atomic E-state index is 3.77. The van der Waals surface area contributed by atoms with Crippen molar-refractivity contribution in [1.82, 2.24) is 10.2 Å². The molecule has 112 valence electrons. The van der Waals surface area contributed by atoms with Gasteiger partial charge in [0, 0.05) is 12.1 Å². The monoisotopic (exact) mass is 266 g/mol. The molecule has 4 unspecified atom stereocenters. The fraction of sp³-hybridized carbons (Fsp3) is 1.00. The Kier molecular flexibility index (Phi) is 6.15. The van der Waals surface area contributed by atoms with E-state index in [4.69, 9.17) is 0 Å². The normalized spacial score (nSPS) is 38.1. The van der Waals surface area contributed by atoms with Crippen LogP contribution in [0.4, 0.5) is 0 Å². The second kappa shape index (κ2) is 7.64. The minimum absolute atomic E-state index is 0.751. The molecule has 2 nitrogen and oxygen atoms in total. The second-order valence-electron chi connectivity index (χ2n) is 6.89. The van der Waals surface area contributed by atoms with E-state index in [1.165, 1.54) is 58.0 Å². The zero-order valence-corrected chi connectivity index (χ0v) is 13.3. The first-order chi connectivity index (χ1) is 9.24. The lowest BCUT2D eigenvalue weighted by Crippen LogP contribution is -2.53. The van der Waals surface area contributed by atoms with Gasteiger partial charge in [-0.2, -0.15) is 0 Å². The Hall–Kier alpha value is -0.0800. The van der Waals surface area contributed by atoms with Gasteiger partial charge in [-0.15, -0.1) is 0 Å². The van der Waals surface area contributed by atoms with Crippen molar-refractivity contribution in [2.24, 2.45) is 11.8 Å². The summed E-state index contributed by atoms with van der Waals surface area (Å²) in [5.41, 5.74) is 0. The summed E-state index contributed by atoms with van der Waals surface area (Å²) in [6.45, 7) is 10.9. The number of rotatable bonds is 4. The van der Waals surface area contributed by atoms with Crippen molar-refractivity contribution in [2.45, 2.75) is 77.8 Å². The van der Waals surface area contributed by atoms with Crippen molar-refractivity contribution in [2.75, 3.05) is 19.6 Å². The Labute approximate surface area is 120 Å². The van der Waals surface area contributed by atoms with Crippen LogP contribution in [-0.4, -0.2) is 36.6 Å². The van der Waals surface area contributed by atoms with E-state index in [1.807, 2.05) is 0 Å². The topological polar surface area (TPSA) is 15.3 Å². The molecule has 0 amide bonds. The number of hydrogen-bond acceptors (Lipinski definition) is 2. The molecule has 4 atom stereocenters. The molecule has 1 saturated heterocycles. The summed E-state index contributed by atoms with van der Waals surface area (Å²) in [6, 6.07) is 1.56.